The lowest BCUT2D eigenvalue weighted by atomic mass is 10.1. The summed E-state index contributed by atoms with van der Waals surface area (Å²) in [5, 5.41) is 8.89. The summed E-state index contributed by atoms with van der Waals surface area (Å²) in [6, 6.07) is 8.99. The van der Waals surface area contributed by atoms with Crippen molar-refractivity contribution in [2.24, 2.45) is 5.73 Å². The lowest BCUT2D eigenvalue weighted by molar-refractivity contribution is -0.137. The quantitative estimate of drug-likeness (QED) is 0.540. The molecule has 9 nitrogen and oxygen atoms in total. The van der Waals surface area contributed by atoms with Crippen molar-refractivity contribution < 1.29 is 29.0 Å². The van der Waals surface area contributed by atoms with Gasteiger partial charge in [0.1, 0.15) is 18.4 Å². The predicted molar refractivity (Wildman–Crippen MR) is 121 cm³/mol. The van der Waals surface area contributed by atoms with Crippen LogP contribution in [0.5, 0.6) is 5.75 Å². The first-order chi connectivity index (χ1) is 15.9. The fourth-order valence-electron chi connectivity index (χ4n) is 4.07. The number of thiophene rings is 1. The SMILES string of the molecule is NC(=O)[C@H](CCC(=O)O)N1Cc2cc(COc3ccc(CN4CCOCC4)cc3)sc2C1=O. The topological polar surface area (TPSA) is 122 Å². The molecule has 0 unspecified atom stereocenters. The molecule has 1 aromatic carbocycles. The third kappa shape index (κ3) is 5.70. The van der Waals surface area contributed by atoms with E-state index in [1.807, 2.05) is 18.2 Å². The van der Waals surface area contributed by atoms with Gasteiger partial charge in [0, 0.05) is 37.5 Å². The number of carbonyl (C=O) groups excluding carboxylic acids is 2. The molecule has 2 aliphatic heterocycles. The number of hydrogen-bond donors (Lipinski definition) is 2. The van der Waals surface area contributed by atoms with E-state index in [1.165, 1.54) is 21.8 Å². The lowest BCUT2D eigenvalue weighted by Crippen LogP contribution is -2.45. The minimum Gasteiger partial charge on any atom is -0.488 e. The third-order valence-electron chi connectivity index (χ3n) is 5.81. The van der Waals surface area contributed by atoms with Crippen LogP contribution in [-0.4, -0.2) is 65.0 Å². The Morgan fingerprint density at radius 1 is 1.21 bits per heavy atom. The molecule has 0 bridgehead atoms. The number of carboxylic acid groups (broad SMARTS) is 1. The number of aliphatic carboxylic acids is 1. The van der Waals surface area contributed by atoms with E-state index >= 15 is 0 Å². The van der Waals surface area contributed by atoms with Gasteiger partial charge in [-0.2, -0.15) is 0 Å². The molecule has 10 heteroatoms. The van der Waals surface area contributed by atoms with Crippen LogP contribution in [0.1, 0.15) is 38.5 Å². The van der Waals surface area contributed by atoms with Crippen LogP contribution in [0.25, 0.3) is 0 Å². The first kappa shape index (κ1) is 23.2. The van der Waals surface area contributed by atoms with Crippen LogP contribution in [0.3, 0.4) is 0 Å². The summed E-state index contributed by atoms with van der Waals surface area (Å²) < 4.78 is 11.3. The Balaban J connectivity index is 1.32. The molecule has 3 heterocycles. The monoisotopic (exact) mass is 473 g/mol. The minimum atomic E-state index is -1.03. The molecular formula is C23H27N3O6S. The molecular weight excluding hydrogens is 446 g/mol. The van der Waals surface area contributed by atoms with Crippen LogP contribution in [0.2, 0.25) is 0 Å². The molecule has 176 valence electrons. The smallest absolute Gasteiger partial charge is 0.303 e. The van der Waals surface area contributed by atoms with E-state index in [-0.39, 0.29) is 25.3 Å². The number of rotatable bonds is 10. The van der Waals surface area contributed by atoms with E-state index in [9.17, 15) is 14.4 Å². The van der Waals surface area contributed by atoms with Crippen LogP contribution in [-0.2, 0) is 34.0 Å². The van der Waals surface area contributed by atoms with Gasteiger partial charge in [0.2, 0.25) is 5.91 Å². The fraction of sp³-hybridized carbons (Fsp3) is 0.435. The summed E-state index contributed by atoms with van der Waals surface area (Å²) in [4.78, 5) is 40.6. The molecule has 0 radical (unpaired) electrons. The van der Waals surface area contributed by atoms with Gasteiger partial charge in [-0.3, -0.25) is 19.3 Å². The third-order valence-corrected chi connectivity index (χ3v) is 6.95. The highest BCUT2D eigenvalue weighted by molar-refractivity contribution is 7.14. The maximum Gasteiger partial charge on any atom is 0.303 e. The summed E-state index contributed by atoms with van der Waals surface area (Å²) in [6.07, 6.45) is -0.224. The van der Waals surface area contributed by atoms with E-state index in [2.05, 4.69) is 17.0 Å². The highest BCUT2D eigenvalue weighted by Gasteiger charge is 2.37. The van der Waals surface area contributed by atoms with Crippen LogP contribution >= 0.6 is 11.3 Å². The van der Waals surface area contributed by atoms with Gasteiger partial charge in [-0.15, -0.1) is 11.3 Å². The number of nitrogens with two attached hydrogens (primary N) is 1. The zero-order chi connectivity index (χ0) is 23.4. The number of hydrogen-bond acceptors (Lipinski definition) is 7. The van der Waals surface area contributed by atoms with Gasteiger partial charge in [-0.25, -0.2) is 0 Å². The van der Waals surface area contributed by atoms with Crippen molar-refractivity contribution in [1.29, 1.82) is 0 Å². The Labute approximate surface area is 195 Å². The van der Waals surface area contributed by atoms with Crippen LogP contribution in [0, 0.1) is 0 Å². The van der Waals surface area contributed by atoms with Crippen molar-refractivity contribution >= 4 is 29.1 Å². The van der Waals surface area contributed by atoms with Gasteiger partial charge >= 0.3 is 5.97 Å². The molecule has 3 N–H and O–H groups in total. The number of morpholine rings is 1. The molecule has 33 heavy (non-hydrogen) atoms. The van der Waals surface area contributed by atoms with E-state index in [1.54, 1.807) is 0 Å². The van der Waals surface area contributed by atoms with Crippen molar-refractivity contribution in [2.45, 2.75) is 38.6 Å². The second kappa shape index (κ2) is 10.3. The number of benzene rings is 1. The fourth-order valence-corrected chi connectivity index (χ4v) is 5.11. The van der Waals surface area contributed by atoms with Crippen molar-refractivity contribution in [1.82, 2.24) is 9.80 Å². The second-order valence-electron chi connectivity index (χ2n) is 8.17. The van der Waals surface area contributed by atoms with Gasteiger partial charge in [0.25, 0.3) is 5.91 Å². The Morgan fingerprint density at radius 3 is 2.58 bits per heavy atom. The standard InChI is InChI=1S/C23H27N3O6S/c24-22(29)19(5-6-20(27)28)26-13-16-11-18(33-21(16)23(26)30)14-32-17-3-1-15(2-4-17)12-25-7-9-31-10-8-25/h1-4,11,19H,5-10,12-14H2,(H2,24,29)(H,27,28)/t19-/m0/s1. The largest absolute Gasteiger partial charge is 0.488 e. The number of primary amides is 1. The summed E-state index contributed by atoms with van der Waals surface area (Å²) in [6.45, 7) is 4.91. The molecule has 2 aromatic rings. The van der Waals surface area contributed by atoms with Crippen LogP contribution in [0.4, 0.5) is 0 Å². The van der Waals surface area contributed by atoms with E-state index < -0.39 is 17.9 Å². The number of carboxylic acids is 1. The van der Waals surface area contributed by atoms with Gasteiger partial charge in [0.15, 0.2) is 0 Å². The zero-order valence-electron chi connectivity index (χ0n) is 18.2. The molecule has 0 saturated carbocycles. The van der Waals surface area contributed by atoms with Crippen molar-refractivity contribution in [3.05, 3.63) is 51.2 Å². The Hall–Kier alpha value is -2.95. The highest BCUT2D eigenvalue weighted by atomic mass is 32.1. The van der Waals surface area contributed by atoms with Crippen molar-refractivity contribution in [3.8, 4) is 5.75 Å². The van der Waals surface area contributed by atoms with Crippen molar-refractivity contribution in [2.75, 3.05) is 26.3 Å². The number of carbonyl (C=O) groups is 3. The maximum absolute atomic E-state index is 12.8. The van der Waals surface area contributed by atoms with Gasteiger partial charge < -0.3 is 25.2 Å². The number of nitrogens with zero attached hydrogens (tertiary/aromatic N) is 2. The molecule has 2 aliphatic rings. The first-order valence-electron chi connectivity index (χ1n) is 10.9. The average Bonchev–Trinajstić information content (AvgIpc) is 3.33. The molecule has 4 rings (SSSR count). The van der Waals surface area contributed by atoms with Gasteiger partial charge in [0.05, 0.1) is 18.1 Å². The Morgan fingerprint density at radius 2 is 1.94 bits per heavy atom. The maximum atomic E-state index is 12.8. The highest BCUT2D eigenvalue weighted by Crippen LogP contribution is 2.33. The first-order valence-corrected chi connectivity index (χ1v) is 11.7. The zero-order valence-corrected chi connectivity index (χ0v) is 19.0. The molecule has 2 amide bonds. The molecule has 0 spiro atoms. The number of fused-ring (bicyclic) bond motifs is 1. The van der Waals surface area contributed by atoms with E-state index in [4.69, 9.17) is 20.3 Å². The molecule has 1 atom stereocenters. The van der Waals surface area contributed by atoms with Crippen LogP contribution in [0.15, 0.2) is 30.3 Å². The molecule has 1 aromatic heterocycles. The van der Waals surface area contributed by atoms with Crippen LogP contribution < -0.4 is 10.5 Å². The predicted octanol–water partition coefficient (Wildman–Crippen LogP) is 1.83. The molecule has 1 fully saturated rings. The van der Waals surface area contributed by atoms with Crippen molar-refractivity contribution in [3.63, 3.8) is 0 Å². The van der Waals surface area contributed by atoms with E-state index in [0.29, 0.717) is 11.5 Å². The minimum absolute atomic E-state index is 0.00283. The summed E-state index contributed by atoms with van der Waals surface area (Å²) >= 11 is 1.33. The molecule has 1 saturated heterocycles. The Bertz CT molecular complexity index is 1020. The Kier molecular flexibility index (Phi) is 7.26. The second-order valence-corrected chi connectivity index (χ2v) is 9.31. The molecule has 0 aliphatic carbocycles. The summed E-state index contributed by atoms with van der Waals surface area (Å²) in [5.41, 5.74) is 7.45. The normalized spacial score (nSPS) is 17.1. The van der Waals surface area contributed by atoms with Gasteiger partial charge in [-0.1, -0.05) is 12.1 Å². The average molecular weight is 474 g/mol. The summed E-state index contributed by atoms with van der Waals surface area (Å²) in [7, 11) is 0. The van der Waals surface area contributed by atoms with Gasteiger partial charge in [-0.05, 0) is 35.7 Å². The number of amides is 2. The number of ether oxygens (including phenoxy) is 2. The summed E-state index contributed by atoms with van der Waals surface area (Å²) in [5.74, 6) is -1.26. The lowest BCUT2D eigenvalue weighted by Gasteiger charge is -2.26. The van der Waals surface area contributed by atoms with E-state index in [0.717, 1.165) is 49.0 Å².